The monoisotopic (exact) mass is 357 g/mol. The Bertz CT molecular complexity index is 727. The van der Waals surface area contributed by atoms with Gasteiger partial charge in [-0.25, -0.2) is 4.79 Å². The molecule has 0 heterocycles. The predicted molar refractivity (Wildman–Crippen MR) is 102 cm³/mol. The van der Waals surface area contributed by atoms with Crippen LogP contribution in [0.4, 0.5) is 0 Å². The molecule has 0 saturated carbocycles. The molecule has 0 aromatic heterocycles. The molecule has 5 nitrogen and oxygen atoms in total. The topological polar surface area (TPSA) is 59.0 Å². The molecule has 5 heteroatoms. The van der Waals surface area contributed by atoms with Crippen molar-refractivity contribution in [2.45, 2.75) is 26.5 Å². The number of benzene rings is 2. The smallest absolute Gasteiger partial charge is 0.337 e. The molecule has 0 spiro atoms. The highest BCUT2D eigenvalue weighted by Crippen LogP contribution is 2.19. The number of carbonyl (C=O) groups excluding carboxylic acids is 1. The fraction of sp³-hybridized carbons (Fsp3) is 0.381. The van der Waals surface area contributed by atoms with Gasteiger partial charge in [-0.15, -0.1) is 0 Å². The summed E-state index contributed by atoms with van der Waals surface area (Å²) < 4.78 is 10.4. The van der Waals surface area contributed by atoms with Crippen LogP contribution in [-0.2, 0) is 11.3 Å². The molecule has 0 saturated heterocycles. The molecule has 0 bridgehead atoms. The summed E-state index contributed by atoms with van der Waals surface area (Å²) in [6.45, 7) is 5.41. The van der Waals surface area contributed by atoms with Crippen molar-refractivity contribution in [1.82, 2.24) is 4.90 Å². The molecular formula is C21H27NO4. The highest BCUT2D eigenvalue weighted by molar-refractivity contribution is 5.89. The SMILES string of the molecule is COC(=O)c1ccc(CN(C)C[C@H](O)COc2cc(C)ccc2C)cc1. The average Bonchev–Trinajstić information content (AvgIpc) is 2.62. The van der Waals surface area contributed by atoms with Gasteiger partial charge in [0, 0.05) is 13.1 Å². The summed E-state index contributed by atoms with van der Waals surface area (Å²) in [6, 6.07) is 13.3. The van der Waals surface area contributed by atoms with Gasteiger partial charge in [0.2, 0.25) is 0 Å². The van der Waals surface area contributed by atoms with E-state index in [4.69, 9.17) is 9.47 Å². The summed E-state index contributed by atoms with van der Waals surface area (Å²) in [5.74, 6) is 0.467. The standard InChI is InChI=1S/C21H27NO4/c1-15-5-6-16(2)20(11-15)26-14-19(23)13-22(3)12-17-7-9-18(10-8-17)21(24)25-4/h5-11,19,23H,12-14H2,1-4H3/t19-/m0/s1. The lowest BCUT2D eigenvalue weighted by molar-refractivity contribution is 0.0600. The summed E-state index contributed by atoms with van der Waals surface area (Å²) in [7, 11) is 3.31. The van der Waals surface area contributed by atoms with Gasteiger partial charge in [-0.05, 0) is 55.8 Å². The van der Waals surface area contributed by atoms with Crippen LogP contribution in [0.25, 0.3) is 0 Å². The van der Waals surface area contributed by atoms with Gasteiger partial charge in [0.05, 0.1) is 12.7 Å². The van der Waals surface area contributed by atoms with E-state index in [1.54, 1.807) is 12.1 Å². The second kappa shape index (κ2) is 9.36. The van der Waals surface area contributed by atoms with E-state index in [2.05, 4.69) is 0 Å². The molecule has 2 rings (SSSR count). The minimum Gasteiger partial charge on any atom is -0.491 e. The number of methoxy groups -OCH3 is 1. The number of aryl methyl sites for hydroxylation is 2. The first kappa shape index (κ1) is 19.9. The molecule has 140 valence electrons. The van der Waals surface area contributed by atoms with Gasteiger partial charge in [-0.3, -0.25) is 4.90 Å². The van der Waals surface area contributed by atoms with Crippen molar-refractivity contribution in [1.29, 1.82) is 0 Å². The van der Waals surface area contributed by atoms with E-state index in [1.807, 2.05) is 56.1 Å². The van der Waals surface area contributed by atoms with E-state index in [9.17, 15) is 9.90 Å². The lowest BCUT2D eigenvalue weighted by Crippen LogP contribution is -2.32. The maximum absolute atomic E-state index is 11.4. The lowest BCUT2D eigenvalue weighted by Gasteiger charge is -2.21. The summed E-state index contributed by atoms with van der Waals surface area (Å²) in [4.78, 5) is 13.5. The number of aliphatic hydroxyl groups excluding tert-OH is 1. The van der Waals surface area contributed by atoms with E-state index < -0.39 is 6.10 Å². The fourth-order valence-corrected chi connectivity index (χ4v) is 2.70. The lowest BCUT2D eigenvalue weighted by atomic mass is 10.1. The normalized spacial score (nSPS) is 12.1. The van der Waals surface area contributed by atoms with Crippen molar-refractivity contribution in [2.75, 3.05) is 27.3 Å². The van der Waals surface area contributed by atoms with Crippen LogP contribution in [0, 0.1) is 13.8 Å². The Labute approximate surface area is 155 Å². The van der Waals surface area contributed by atoms with Crippen LogP contribution in [0.15, 0.2) is 42.5 Å². The molecule has 0 amide bonds. The van der Waals surface area contributed by atoms with Gasteiger partial charge in [-0.2, -0.15) is 0 Å². The Balaban J connectivity index is 1.82. The maximum Gasteiger partial charge on any atom is 0.337 e. The van der Waals surface area contributed by atoms with Gasteiger partial charge in [-0.1, -0.05) is 24.3 Å². The van der Waals surface area contributed by atoms with E-state index in [1.165, 1.54) is 7.11 Å². The second-order valence-electron chi connectivity index (χ2n) is 6.62. The highest BCUT2D eigenvalue weighted by atomic mass is 16.5. The number of rotatable bonds is 8. The molecule has 0 radical (unpaired) electrons. The second-order valence-corrected chi connectivity index (χ2v) is 6.62. The van der Waals surface area contributed by atoms with Gasteiger partial charge in [0.25, 0.3) is 0 Å². The van der Waals surface area contributed by atoms with Gasteiger partial charge >= 0.3 is 5.97 Å². The summed E-state index contributed by atoms with van der Waals surface area (Å²) in [6.07, 6.45) is -0.589. The summed E-state index contributed by atoms with van der Waals surface area (Å²) in [5, 5.41) is 10.2. The van der Waals surface area contributed by atoms with Crippen LogP contribution < -0.4 is 4.74 Å². The first-order chi connectivity index (χ1) is 12.4. The van der Waals surface area contributed by atoms with E-state index in [-0.39, 0.29) is 12.6 Å². The zero-order valence-electron chi connectivity index (χ0n) is 15.9. The largest absolute Gasteiger partial charge is 0.491 e. The molecule has 0 aliphatic heterocycles. The van der Waals surface area contributed by atoms with Crippen LogP contribution in [0.2, 0.25) is 0 Å². The van der Waals surface area contributed by atoms with Crippen molar-refractivity contribution in [2.24, 2.45) is 0 Å². The fourth-order valence-electron chi connectivity index (χ4n) is 2.70. The van der Waals surface area contributed by atoms with Crippen molar-refractivity contribution < 1.29 is 19.4 Å². The molecule has 0 fully saturated rings. The van der Waals surface area contributed by atoms with Gasteiger partial charge in [0.1, 0.15) is 18.5 Å². The van der Waals surface area contributed by atoms with Crippen molar-refractivity contribution in [3.05, 3.63) is 64.7 Å². The molecular weight excluding hydrogens is 330 g/mol. The number of hydrogen-bond donors (Lipinski definition) is 1. The zero-order valence-corrected chi connectivity index (χ0v) is 15.9. The van der Waals surface area contributed by atoms with Crippen LogP contribution in [-0.4, -0.2) is 49.4 Å². The minimum absolute atomic E-state index is 0.246. The molecule has 0 aliphatic rings. The Morgan fingerprint density at radius 1 is 1.15 bits per heavy atom. The number of nitrogens with zero attached hydrogens (tertiary/aromatic N) is 1. The zero-order chi connectivity index (χ0) is 19.1. The van der Waals surface area contributed by atoms with E-state index in [0.29, 0.717) is 18.7 Å². The third kappa shape index (κ3) is 5.86. The van der Waals surface area contributed by atoms with Gasteiger partial charge < -0.3 is 14.6 Å². The van der Waals surface area contributed by atoms with Crippen molar-refractivity contribution in [3.63, 3.8) is 0 Å². The summed E-state index contributed by atoms with van der Waals surface area (Å²) in [5.41, 5.74) is 3.78. The Kier molecular flexibility index (Phi) is 7.18. The van der Waals surface area contributed by atoms with Crippen LogP contribution >= 0.6 is 0 Å². The van der Waals surface area contributed by atoms with E-state index in [0.717, 1.165) is 22.4 Å². The van der Waals surface area contributed by atoms with Crippen LogP contribution in [0.1, 0.15) is 27.0 Å². The Hall–Kier alpha value is -2.37. The summed E-state index contributed by atoms with van der Waals surface area (Å²) >= 11 is 0. The molecule has 2 aromatic carbocycles. The Morgan fingerprint density at radius 2 is 1.85 bits per heavy atom. The third-order valence-corrected chi connectivity index (χ3v) is 4.12. The first-order valence-electron chi connectivity index (χ1n) is 8.63. The number of esters is 1. The van der Waals surface area contributed by atoms with E-state index >= 15 is 0 Å². The molecule has 2 aromatic rings. The quantitative estimate of drug-likeness (QED) is 0.736. The molecule has 0 aliphatic carbocycles. The molecule has 26 heavy (non-hydrogen) atoms. The van der Waals surface area contributed by atoms with Crippen LogP contribution in [0.3, 0.4) is 0 Å². The van der Waals surface area contributed by atoms with Crippen molar-refractivity contribution in [3.8, 4) is 5.75 Å². The highest BCUT2D eigenvalue weighted by Gasteiger charge is 2.11. The number of carbonyl (C=O) groups is 1. The van der Waals surface area contributed by atoms with Gasteiger partial charge in [0.15, 0.2) is 0 Å². The molecule has 1 N–H and O–H groups in total. The number of likely N-dealkylation sites (N-methyl/N-ethyl adjacent to an activating group) is 1. The number of ether oxygens (including phenoxy) is 2. The maximum atomic E-state index is 11.4. The van der Waals surface area contributed by atoms with Crippen LogP contribution in [0.5, 0.6) is 5.75 Å². The first-order valence-corrected chi connectivity index (χ1v) is 8.63. The molecule has 0 unspecified atom stereocenters. The number of hydrogen-bond acceptors (Lipinski definition) is 5. The average molecular weight is 357 g/mol. The predicted octanol–water partition coefficient (Wildman–Crippen LogP) is 2.96. The minimum atomic E-state index is -0.589. The molecule has 1 atom stereocenters. The van der Waals surface area contributed by atoms with Crippen molar-refractivity contribution >= 4 is 5.97 Å². The number of aliphatic hydroxyl groups is 1. The Morgan fingerprint density at radius 3 is 2.50 bits per heavy atom. The third-order valence-electron chi connectivity index (χ3n) is 4.12.